The zero-order chi connectivity index (χ0) is 21.7. The van der Waals surface area contributed by atoms with Crippen molar-refractivity contribution in [3.63, 3.8) is 0 Å². The van der Waals surface area contributed by atoms with E-state index in [9.17, 15) is 8.42 Å². The molecule has 0 aliphatic heterocycles. The molecule has 29 heavy (non-hydrogen) atoms. The minimum atomic E-state index is -3.97. The molecule has 0 atom stereocenters. The molecule has 0 spiro atoms. The van der Waals surface area contributed by atoms with E-state index in [-0.39, 0.29) is 10.8 Å². The third-order valence-electron chi connectivity index (χ3n) is 5.41. The molecule has 0 aromatic heterocycles. The molecule has 0 N–H and O–H groups in total. The topological polar surface area (TPSA) is 52.6 Å². The van der Waals surface area contributed by atoms with Crippen molar-refractivity contribution < 1.29 is 56.7 Å². The van der Waals surface area contributed by atoms with Crippen LogP contribution in [0, 0.1) is 7.14 Å². The fourth-order valence-electron chi connectivity index (χ4n) is 2.47. The summed E-state index contributed by atoms with van der Waals surface area (Å²) in [7, 11) is -3.97. The second-order valence-electron chi connectivity index (χ2n) is 8.18. The van der Waals surface area contributed by atoms with Gasteiger partial charge < -0.3 is 0 Å². The fourth-order valence-corrected chi connectivity index (χ4v) is 7.95. The van der Waals surface area contributed by atoms with Crippen LogP contribution < -0.4 is 43.2 Å². The minimum absolute atomic E-state index is 0.110. The van der Waals surface area contributed by atoms with Crippen LogP contribution in [0.5, 0.6) is 0 Å². The Kier molecular flexibility index (Phi) is 8.97. The normalized spacial score (nSPS) is 13.2. The van der Waals surface area contributed by atoms with Crippen molar-refractivity contribution in [2.45, 2.75) is 65.2 Å². The summed E-state index contributed by atoms with van der Waals surface area (Å²) in [4.78, 5) is 0. The van der Waals surface area contributed by atoms with Crippen LogP contribution >= 0.6 is 0 Å². The first kappa shape index (κ1) is 25.0. The number of hydrogen-bond acceptors (Lipinski definition) is 4. The quantitative estimate of drug-likeness (QED) is 0.325. The molecule has 0 bridgehead atoms. The van der Waals surface area contributed by atoms with Gasteiger partial charge in [0.25, 0.3) is 0 Å². The Hall–Kier alpha value is -0.230. The average molecular weight is 644 g/mol. The van der Waals surface area contributed by atoms with Crippen LogP contribution in [-0.4, -0.2) is 8.42 Å². The van der Waals surface area contributed by atoms with Gasteiger partial charge in [-0.05, 0) is 0 Å². The van der Waals surface area contributed by atoms with Gasteiger partial charge in [0.2, 0.25) is 0 Å². The van der Waals surface area contributed by atoms with E-state index >= 15 is 0 Å². The molecule has 7 heteroatoms. The van der Waals surface area contributed by atoms with Crippen LogP contribution in [0.25, 0.3) is 0 Å². The van der Waals surface area contributed by atoms with Gasteiger partial charge in [-0.25, -0.2) is 0 Å². The summed E-state index contributed by atoms with van der Waals surface area (Å²) < 4.78 is 36.4. The van der Waals surface area contributed by atoms with Gasteiger partial charge in [0.05, 0.1) is 0 Å². The van der Waals surface area contributed by atoms with E-state index in [1.54, 1.807) is 0 Å². The van der Waals surface area contributed by atoms with Crippen LogP contribution in [-0.2, 0) is 26.3 Å². The van der Waals surface area contributed by atoms with E-state index in [1.807, 2.05) is 24.3 Å². The summed E-state index contributed by atoms with van der Waals surface area (Å²) in [5, 5.41) is 0. The third-order valence-corrected chi connectivity index (χ3v) is 12.0. The molecule has 0 fully saturated rings. The predicted molar refractivity (Wildman–Crippen MR) is 108 cm³/mol. The van der Waals surface area contributed by atoms with Crippen molar-refractivity contribution in [2.75, 3.05) is 0 Å². The van der Waals surface area contributed by atoms with Gasteiger partial charge in [0.1, 0.15) is 0 Å². The van der Waals surface area contributed by atoms with Gasteiger partial charge in [-0.3, -0.25) is 0 Å². The van der Waals surface area contributed by atoms with Crippen LogP contribution in [0.4, 0.5) is 0 Å². The van der Waals surface area contributed by atoms with Gasteiger partial charge in [0.15, 0.2) is 0 Å². The number of rotatable bonds is 10. The molecule has 0 saturated carbocycles. The molecule has 0 saturated heterocycles. The maximum absolute atomic E-state index is 12.1. The molecule has 0 unspecified atom stereocenters. The SMILES string of the molecule is CCC(C)(C)c1ccc([I-]OS(=O)(=O)O[I-]c2ccc(C(C)(C)CC)cc2)cc1. The second kappa shape index (κ2) is 10.4. The zero-order valence-electron chi connectivity index (χ0n) is 17.8. The predicted octanol–water partition coefficient (Wildman–Crippen LogP) is -0.613. The average Bonchev–Trinajstić information content (AvgIpc) is 2.71. The van der Waals surface area contributed by atoms with Crippen molar-refractivity contribution in [3.8, 4) is 0 Å². The number of benzene rings is 2. The van der Waals surface area contributed by atoms with Gasteiger partial charge in [0, 0.05) is 0 Å². The van der Waals surface area contributed by atoms with Crippen LogP contribution in [0.2, 0.25) is 0 Å². The maximum atomic E-state index is 12.1. The van der Waals surface area contributed by atoms with E-state index in [0.29, 0.717) is 0 Å². The second-order valence-corrected chi connectivity index (χ2v) is 14.8. The van der Waals surface area contributed by atoms with Crippen LogP contribution in [0.3, 0.4) is 0 Å². The molecule has 4 nitrogen and oxygen atoms in total. The Morgan fingerprint density at radius 2 is 1.00 bits per heavy atom. The van der Waals surface area contributed by atoms with Crippen molar-refractivity contribution in [1.82, 2.24) is 0 Å². The van der Waals surface area contributed by atoms with Crippen molar-refractivity contribution in [3.05, 3.63) is 66.8 Å². The summed E-state index contributed by atoms with van der Waals surface area (Å²) in [6.07, 6.45) is 2.08. The molecule has 164 valence electrons. The van der Waals surface area contributed by atoms with E-state index in [4.69, 9.17) is 5.03 Å². The van der Waals surface area contributed by atoms with Gasteiger partial charge in [-0.15, -0.1) is 0 Å². The van der Waals surface area contributed by atoms with Gasteiger partial charge in [-0.2, -0.15) is 0 Å². The van der Waals surface area contributed by atoms with Crippen LogP contribution in [0.15, 0.2) is 48.5 Å². The van der Waals surface area contributed by atoms with E-state index in [0.717, 1.165) is 20.0 Å². The van der Waals surface area contributed by atoms with E-state index in [1.165, 1.54) is 11.1 Å². The molecule has 2 aromatic carbocycles. The first-order chi connectivity index (χ1) is 13.5. The molecule has 2 aromatic rings. The molecule has 0 aliphatic carbocycles. The Labute approximate surface area is 197 Å². The fraction of sp³-hybridized carbons (Fsp3) is 0.455. The summed E-state index contributed by atoms with van der Waals surface area (Å²) in [6, 6.07) is 16.1. The van der Waals surface area contributed by atoms with E-state index < -0.39 is 53.6 Å². The first-order valence-corrected chi connectivity index (χ1v) is 14.9. The summed E-state index contributed by atoms with van der Waals surface area (Å²) in [6.45, 7) is 13.1. The Bertz CT molecular complexity index is 820. The summed E-state index contributed by atoms with van der Waals surface area (Å²) >= 11 is -2.24. The molecular formula is C22H30I2O4S-2. The molecule has 2 rings (SSSR count). The van der Waals surface area contributed by atoms with E-state index in [2.05, 4.69) is 65.8 Å². The molecule has 0 aliphatic rings. The standard InChI is InChI=1S/C22H30I2O4S/c1-7-21(3,4)17-9-13-19(14-10-17)23-27-29(25,26)28-24-20-15-11-18(12-16-20)22(5,6)8-2/h9-16H,7-8H2,1-6H3/q-2. The molecule has 0 amide bonds. The van der Waals surface area contributed by atoms with Gasteiger partial charge >= 0.3 is 199 Å². The summed E-state index contributed by atoms with van der Waals surface area (Å²) in [5.41, 5.74) is 2.71. The molecular weight excluding hydrogens is 614 g/mol. The number of halogens is 2. The van der Waals surface area contributed by atoms with Gasteiger partial charge in [-0.1, -0.05) is 0 Å². The van der Waals surface area contributed by atoms with Crippen LogP contribution in [0.1, 0.15) is 65.5 Å². The summed E-state index contributed by atoms with van der Waals surface area (Å²) in [5.74, 6) is 0. The number of hydrogen-bond donors (Lipinski definition) is 0. The zero-order valence-corrected chi connectivity index (χ0v) is 23.0. The Morgan fingerprint density at radius 1 is 0.690 bits per heavy atom. The molecule has 0 radical (unpaired) electrons. The van der Waals surface area contributed by atoms with Crippen molar-refractivity contribution in [2.24, 2.45) is 0 Å². The monoisotopic (exact) mass is 644 g/mol. The Balaban J connectivity index is 1.90. The Morgan fingerprint density at radius 3 is 1.28 bits per heavy atom. The third kappa shape index (κ3) is 7.45. The molecule has 0 heterocycles. The first-order valence-electron chi connectivity index (χ1n) is 9.62. The van der Waals surface area contributed by atoms with Crippen molar-refractivity contribution >= 4 is 10.4 Å². The van der Waals surface area contributed by atoms with Crippen molar-refractivity contribution in [1.29, 1.82) is 0 Å².